The van der Waals surface area contributed by atoms with Crippen molar-refractivity contribution in [3.8, 4) is 0 Å². The van der Waals surface area contributed by atoms with E-state index in [1.54, 1.807) is 0 Å². The summed E-state index contributed by atoms with van der Waals surface area (Å²) in [5.41, 5.74) is 3.11. The number of carbonyl (C=O) groups excluding carboxylic acids is 1. The molecule has 2 nitrogen and oxygen atoms in total. The van der Waals surface area contributed by atoms with Crippen LogP contribution in [-0.4, -0.2) is 19.4 Å². The molecule has 68 valence electrons. The van der Waals surface area contributed by atoms with Gasteiger partial charge in [-0.3, -0.25) is 4.79 Å². The van der Waals surface area contributed by atoms with Crippen LogP contribution in [0.25, 0.3) is 0 Å². The number of hydrogen-bond acceptors (Lipinski definition) is 2. The molecule has 0 saturated carbocycles. The third kappa shape index (κ3) is 1.32. The minimum absolute atomic E-state index is 0.275. The van der Waals surface area contributed by atoms with Crippen LogP contribution in [-0.2, 0) is 0 Å². The monoisotopic (exact) mass is 175 g/mol. The highest BCUT2D eigenvalue weighted by Crippen LogP contribution is 2.26. The van der Waals surface area contributed by atoms with Crippen molar-refractivity contribution in [2.24, 2.45) is 0 Å². The van der Waals surface area contributed by atoms with Crippen molar-refractivity contribution < 1.29 is 4.79 Å². The Hall–Kier alpha value is -1.31. The zero-order valence-corrected chi connectivity index (χ0v) is 8.00. The zero-order chi connectivity index (χ0) is 9.42. The molecule has 0 fully saturated rings. The lowest BCUT2D eigenvalue weighted by atomic mass is 9.99. The second-order valence-corrected chi connectivity index (χ2v) is 3.62. The Bertz CT molecular complexity index is 357. The van der Waals surface area contributed by atoms with Gasteiger partial charge in [0.1, 0.15) is 0 Å². The number of nitrogens with zero attached hydrogens (tertiary/aromatic N) is 1. The average molecular weight is 175 g/mol. The van der Waals surface area contributed by atoms with Crippen LogP contribution in [0.4, 0.5) is 5.69 Å². The van der Waals surface area contributed by atoms with E-state index in [2.05, 4.69) is 4.90 Å². The van der Waals surface area contributed by atoms with Crippen LogP contribution < -0.4 is 4.90 Å². The summed E-state index contributed by atoms with van der Waals surface area (Å²) in [6.07, 6.45) is 0.646. The van der Waals surface area contributed by atoms with Crippen molar-refractivity contribution in [1.82, 2.24) is 0 Å². The molecule has 0 unspecified atom stereocenters. The summed E-state index contributed by atoms with van der Waals surface area (Å²) in [5, 5.41) is 0. The second-order valence-electron chi connectivity index (χ2n) is 3.62. The Kier molecular flexibility index (Phi) is 1.83. The topological polar surface area (TPSA) is 20.3 Å². The SMILES string of the molecule is Cc1ccc2c(c1)C(=O)CCN2C. The van der Waals surface area contributed by atoms with Gasteiger partial charge in [0, 0.05) is 31.3 Å². The Labute approximate surface area is 78.2 Å². The highest BCUT2D eigenvalue weighted by molar-refractivity contribution is 6.03. The van der Waals surface area contributed by atoms with Crippen LogP contribution in [0.3, 0.4) is 0 Å². The summed E-state index contributed by atoms with van der Waals surface area (Å²) < 4.78 is 0. The molecular formula is C11H13NO. The van der Waals surface area contributed by atoms with Crippen LogP contribution in [0.5, 0.6) is 0 Å². The van der Waals surface area contributed by atoms with E-state index >= 15 is 0 Å². The van der Waals surface area contributed by atoms with Gasteiger partial charge in [-0.2, -0.15) is 0 Å². The number of carbonyl (C=O) groups is 1. The van der Waals surface area contributed by atoms with Gasteiger partial charge in [-0.25, -0.2) is 0 Å². The highest BCUT2D eigenvalue weighted by atomic mass is 16.1. The molecule has 2 rings (SSSR count). The molecular weight excluding hydrogens is 162 g/mol. The number of fused-ring (bicyclic) bond motifs is 1. The van der Waals surface area contributed by atoms with Crippen molar-refractivity contribution in [2.75, 3.05) is 18.5 Å². The first-order chi connectivity index (χ1) is 6.18. The molecule has 13 heavy (non-hydrogen) atoms. The molecule has 1 aromatic carbocycles. The molecule has 0 radical (unpaired) electrons. The first-order valence-corrected chi connectivity index (χ1v) is 4.53. The lowest BCUT2D eigenvalue weighted by molar-refractivity contribution is 0.0980. The van der Waals surface area contributed by atoms with Crippen molar-refractivity contribution >= 4 is 11.5 Å². The third-order valence-corrected chi connectivity index (χ3v) is 2.54. The van der Waals surface area contributed by atoms with Crippen LogP contribution in [0, 0.1) is 6.92 Å². The van der Waals surface area contributed by atoms with Gasteiger partial charge >= 0.3 is 0 Å². The van der Waals surface area contributed by atoms with Gasteiger partial charge in [-0.05, 0) is 19.1 Å². The highest BCUT2D eigenvalue weighted by Gasteiger charge is 2.19. The predicted octanol–water partition coefficient (Wildman–Crippen LogP) is 2.02. The van der Waals surface area contributed by atoms with Gasteiger partial charge in [0.2, 0.25) is 0 Å². The predicted molar refractivity (Wildman–Crippen MR) is 53.4 cm³/mol. The molecule has 0 N–H and O–H groups in total. The van der Waals surface area contributed by atoms with E-state index in [-0.39, 0.29) is 5.78 Å². The summed E-state index contributed by atoms with van der Waals surface area (Å²) in [4.78, 5) is 13.7. The quantitative estimate of drug-likeness (QED) is 0.601. The number of rotatable bonds is 0. The van der Waals surface area contributed by atoms with E-state index in [1.807, 2.05) is 32.2 Å². The first-order valence-electron chi connectivity index (χ1n) is 4.53. The van der Waals surface area contributed by atoms with Gasteiger partial charge in [0.25, 0.3) is 0 Å². The molecule has 0 spiro atoms. The smallest absolute Gasteiger partial charge is 0.166 e. The molecule has 1 aliphatic rings. The molecule has 0 aromatic heterocycles. The third-order valence-electron chi connectivity index (χ3n) is 2.54. The van der Waals surface area contributed by atoms with Crippen LogP contribution in [0.15, 0.2) is 18.2 Å². The molecule has 0 amide bonds. The molecule has 0 bridgehead atoms. The van der Waals surface area contributed by atoms with Gasteiger partial charge in [-0.15, -0.1) is 0 Å². The van der Waals surface area contributed by atoms with E-state index in [1.165, 1.54) is 0 Å². The standard InChI is InChI=1S/C11H13NO/c1-8-3-4-10-9(7-8)11(13)5-6-12(10)2/h3-4,7H,5-6H2,1-2H3. The minimum atomic E-state index is 0.275. The summed E-state index contributed by atoms with van der Waals surface area (Å²) in [6, 6.07) is 6.06. The maximum absolute atomic E-state index is 11.6. The maximum Gasteiger partial charge on any atom is 0.166 e. The number of benzene rings is 1. The van der Waals surface area contributed by atoms with Crippen molar-refractivity contribution in [3.63, 3.8) is 0 Å². The van der Waals surface area contributed by atoms with Gasteiger partial charge < -0.3 is 4.90 Å². The Morgan fingerprint density at radius 2 is 2.15 bits per heavy atom. The Morgan fingerprint density at radius 1 is 1.38 bits per heavy atom. The number of aryl methyl sites for hydroxylation is 1. The number of Topliss-reactive ketones (excluding diaryl/α,β-unsaturated/α-hetero) is 1. The fourth-order valence-corrected chi connectivity index (χ4v) is 1.73. The van der Waals surface area contributed by atoms with Crippen molar-refractivity contribution in [1.29, 1.82) is 0 Å². The fourth-order valence-electron chi connectivity index (χ4n) is 1.73. The van der Waals surface area contributed by atoms with Crippen LogP contribution in [0.2, 0.25) is 0 Å². The molecule has 1 aromatic rings. The van der Waals surface area contributed by atoms with Crippen LogP contribution >= 0.6 is 0 Å². The van der Waals surface area contributed by atoms with E-state index in [0.717, 1.165) is 23.4 Å². The fraction of sp³-hybridized carbons (Fsp3) is 0.364. The van der Waals surface area contributed by atoms with E-state index in [4.69, 9.17) is 0 Å². The van der Waals surface area contributed by atoms with Crippen molar-refractivity contribution in [2.45, 2.75) is 13.3 Å². The maximum atomic E-state index is 11.6. The summed E-state index contributed by atoms with van der Waals surface area (Å²) >= 11 is 0. The normalized spacial score (nSPS) is 15.8. The Balaban J connectivity index is 2.57. The van der Waals surface area contributed by atoms with Gasteiger partial charge in [0.15, 0.2) is 5.78 Å². The van der Waals surface area contributed by atoms with E-state index in [9.17, 15) is 4.79 Å². The number of hydrogen-bond donors (Lipinski definition) is 0. The minimum Gasteiger partial charge on any atom is -0.374 e. The largest absolute Gasteiger partial charge is 0.374 e. The number of anilines is 1. The molecule has 1 aliphatic heterocycles. The molecule has 0 aliphatic carbocycles. The van der Waals surface area contributed by atoms with Crippen LogP contribution in [0.1, 0.15) is 22.3 Å². The van der Waals surface area contributed by atoms with Crippen molar-refractivity contribution in [3.05, 3.63) is 29.3 Å². The molecule has 0 saturated heterocycles. The van der Waals surface area contributed by atoms with E-state index < -0.39 is 0 Å². The average Bonchev–Trinajstić information content (AvgIpc) is 2.12. The molecule has 2 heteroatoms. The summed E-state index contributed by atoms with van der Waals surface area (Å²) in [6.45, 7) is 2.86. The van der Waals surface area contributed by atoms with Gasteiger partial charge in [-0.1, -0.05) is 11.6 Å². The lowest BCUT2D eigenvalue weighted by Crippen LogP contribution is -2.28. The first kappa shape index (κ1) is 8.30. The summed E-state index contributed by atoms with van der Waals surface area (Å²) in [5.74, 6) is 0.275. The van der Waals surface area contributed by atoms with Gasteiger partial charge in [0.05, 0.1) is 0 Å². The zero-order valence-electron chi connectivity index (χ0n) is 8.00. The molecule has 1 heterocycles. The Morgan fingerprint density at radius 3 is 2.92 bits per heavy atom. The second kappa shape index (κ2) is 2.87. The number of ketones is 1. The van der Waals surface area contributed by atoms with E-state index in [0.29, 0.717) is 6.42 Å². The lowest BCUT2D eigenvalue weighted by Gasteiger charge is -2.26. The summed E-state index contributed by atoms with van der Waals surface area (Å²) in [7, 11) is 2.03. The molecule has 0 atom stereocenters.